The molecule has 1 aromatic heterocycles. The van der Waals surface area contributed by atoms with Crippen LogP contribution in [0.4, 0.5) is 4.79 Å². The first-order chi connectivity index (χ1) is 9.28. The van der Waals surface area contributed by atoms with Crippen molar-refractivity contribution in [3.63, 3.8) is 0 Å². The number of rotatable bonds is 1. The monoisotopic (exact) mass is 300 g/mol. The average molecular weight is 300 g/mol. The van der Waals surface area contributed by atoms with E-state index < -0.39 is 5.60 Å². The molecule has 1 aliphatic rings. The van der Waals surface area contributed by atoms with Crippen LogP contribution in [0.15, 0.2) is 10.2 Å². The van der Waals surface area contributed by atoms with Gasteiger partial charge in [-0.15, -0.1) is 0 Å². The second kappa shape index (κ2) is 5.47. The summed E-state index contributed by atoms with van der Waals surface area (Å²) in [7, 11) is 0. The van der Waals surface area contributed by atoms with E-state index in [2.05, 4.69) is 0 Å². The number of aromatic nitrogens is 1. The molecule has 0 saturated carbocycles. The number of likely N-dealkylation sites (tertiary alicyclic amines) is 1. The van der Waals surface area contributed by atoms with Crippen LogP contribution in [-0.4, -0.2) is 39.4 Å². The molecule has 0 unspecified atom stereocenters. The fourth-order valence-corrected chi connectivity index (χ4v) is 2.96. The predicted molar refractivity (Wildman–Crippen MR) is 76.3 cm³/mol. The molecule has 20 heavy (non-hydrogen) atoms. The molecule has 0 aromatic carbocycles. The third kappa shape index (κ3) is 3.33. The Kier molecular flexibility index (Phi) is 4.08. The van der Waals surface area contributed by atoms with Gasteiger partial charge in [-0.3, -0.25) is 9.36 Å². The number of hydrogen-bond acceptors (Lipinski definition) is 5. The van der Waals surface area contributed by atoms with Gasteiger partial charge in [-0.25, -0.2) is 4.79 Å². The quantitative estimate of drug-likeness (QED) is 0.863. The van der Waals surface area contributed by atoms with Gasteiger partial charge in [-0.05, 0) is 33.6 Å². The number of nitrogens with zero attached hydrogens (tertiary/aromatic N) is 2. The lowest BCUT2D eigenvalue weighted by Gasteiger charge is -2.33. The van der Waals surface area contributed by atoms with Gasteiger partial charge in [-0.1, -0.05) is 11.3 Å². The van der Waals surface area contributed by atoms with Crippen molar-refractivity contribution in [1.29, 1.82) is 0 Å². The molecule has 6 nitrogen and oxygen atoms in total. The van der Waals surface area contributed by atoms with E-state index in [1.807, 2.05) is 20.8 Å². The van der Waals surface area contributed by atoms with Gasteiger partial charge >= 0.3 is 11.0 Å². The summed E-state index contributed by atoms with van der Waals surface area (Å²) in [5, 5.41) is 11.1. The molecule has 7 heteroatoms. The Morgan fingerprint density at radius 2 is 2.00 bits per heavy atom. The van der Waals surface area contributed by atoms with Gasteiger partial charge in [0.25, 0.3) is 0 Å². The minimum Gasteiger partial charge on any atom is -0.494 e. The molecular formula is C13H20N2O4S. The Hall–Kier alpha value is -1.50. The summed E-state index contributed by atoms with van der Waals surface area (Å²) in [4.78, 5) is 25.1. The SMILES string of the molecule is CC(C)(C)OC(=O)N1CCC(n2c(O)csc2=O)CC1. The predicted octanol–water partition coefficient (Wildman–Crippen LogP) is 2.19. The summed E-state index contributed by atoms with van der Waals surface area (Å²) in [5.74, 6) is 0.00992. The third-order valence-electron chi connectivity index (χ3n) is 3.19. The van der Waals surface area contributed by atoms with Crippen molar-refractivity contribution < 1.29 is 14.6 Å². The highest BCUT2D eigenvalue weighted by molar-refractivity contribution is 7.07. The van der Waals surface area contributed by atoms with Crippen LogP contribution in [0, 0.1) is 0 Å². The normalized spacial score (nSPS) is 17.2. The first kappa shape index (κ1) is 14.9. The van der Waals surface area contributed by atoms with E-state index in [4.69, 9.17) is 4.74 Å². The summed E-state index contributed by atoms with van der Waals surface area (Å²) in [6.45, 7) is 6.56. The van der Waals surface area contributed by atoms with Crippen LogP contribution < -0.4 is 4.87 Å². The van der Waals surface area contributed by atoms with Gasteiger partial charge in [0.15, 0.2) is 0 Å². The summed E-state index contributed by atoms with van der Waals surface area (Å²) >= 11 is 0.992. The number of aromatic hydroxyl groups is 1. The minimum atomic E-state index is -0.503. The van der Waals surface area contributed by atoms with E-state index in [1.165, 1.54) is 9.95 Å². The lowest BCUT2D eigenvalue weighted by molar-refractivity contribution is 0.0186. The maximum absolute atomic E-state index is 11.9. The summed E-state index contributed by atoms with van der Waals surface area (Å²) in [6.07, 6.45) is 0.963. The van der Waals surface area contributed by atoms with Crippen molar-refractivity contribution in [2.24, 2.45) is 0 Å². The minimum absolute atomic E-state index is 0.00992. The second-order valence-electron chi connectivity index (χ2n) is 5.93. The number of carbonyl (C=O) groups is 1. The topological polar surface area (TPSA) is 71.8 Å². The highest BCUT2D eigenvalue weighted by Crippen LogP contribution is 2.26. The zero-order valence-corrected chi connectivity index (χ0v) is 12.8. The first-order valence-electron chi connectivity index (χ1n) is 6.65. The van der Waals surface area contributed by atoms with Gasteiger partial charge in [0.05, 0.1) is 5.38 Å². The Balaban J connectivity index is 1.96. The number of hydrogen-bond donors (Lipinski definition) is 1. The number of thiazole rings is 1. The van der Waals surface area contributed by atoms with Gasteiger partial charge < -0.3 is 14.7 Å². The largest absolute Gasteiger partial charge is 0.494 e. The highest BCUT2D eigenvalue weighted by atomic mass is 32.1. The molecule has 1 fully saturated rings. The van der Waals surface area contributed by atoms with Crippen LogP contribution >= 0.6 is 11.3 Å². The number of piperidine rings is 1. The lowest BCUT2D eigenvalue weighted by Crippen LogP contribution is -2.42. The van der Waals surface area contributed by atoms with Crippen molar-refractivity contribution in [2.75, 3.05) is 13.1 Å². The molecular weight excluding hydrogens is 280 g/mol. The molecule has 0 atom stereocenters. The van der Waals surface area contributed by atoms with Crippen LogP contribution in [0.5, 0.6) is 5.88 Å². The lowest BCUT2D eigenvalue weighted by atomic mass is 10.1. The van der Waals surface area contributed by atoms with Crippen molar-refractivity contribution in [2.45, 2.75) is 45.3 Å². The zero-order chi connectivity index (χ0) is 14.9. The van der Waals surface area contributed by atoms with Crippen LogP contribution in [0.1, 0.15) is 39.7 Å². The summed E-state index contributed by atoms with van der Waals surface area (Å²) in [5.41, 5.74) is -0.503. The number of amides is 1. The van der Waals surface area contributed by atoms with Gasteiger partial charge in [0.2, 0.25) is 5.88 Å². The molecule has 112 valence electrons. The van der Waals surface area contributed by atoms with Gasteiger partial charge in [0.1, 0.15) is 5.60 Å². The van der Waals surface area contributed by atoms with Gasteiger partial charge in [-0.2, -0.15) is 0 Å². The van der Waals surface area contributed by atoms with E-state index >= 15 is 0 Å². The molecule has 0 radical (unpaired) electrons. The molecule has 1 saturated heterocycles. The summed E-state index contributed by atoms with van der Waals surface area (Å²) < 4.78 is 6.74. The zero-order valence-electron chi connectivity index (χ0n) is 12.0. The Bertz CT molecular complexity index is 535. The molecule has 1 N–H and O–H groups in total. The smallest absolute Gasteiger partial charge is 0.410 e. The number of ether oxygens (including phenoxy) is 1. The molecule has 0 spiro atoms. The molecule has 1 amide bonds. The van der Waals surface area contributed by atoms with Crippen LogP contribution in [0.3, 0.4) is 0 Å². The van der Waals surface area contributed by atoms with E-state index in [9.17, 15) is 14.7 Å². The van der Waals surface area contributed by atoms with E-state index in [0.29, 0.717) is 25.9 Å². The van der Waals surface area contributed by atoms with Crippen molar-refractivity contribution in [3.05, 3.63) is 15.0 Å². The third-order valence-corrected chi connectivity index (χ3v) is 3.92. The maximum atomic E-state index is 11.9. The Labute approximate surface area is 121 Å². The van der Waals surface area contributed by atoms with Gasteiger partial charge in [0, 0.05) is 19.1 Å². The second-order valence-corrected chi connectivity index (χ2v) is 6.75. The van der Waals surface area contributed by atoms with Crippen LogP contribution in [0.25, 0.3) is 0 Å². The molecule has 1 aliphatic heterocycles. The molecule has 0 bridgehead atoms. The van der Waals surface area contributed by atoms with Crippen LogP contribution in [0.2, 0.25) is 0 Å². The first-order valence-corrected chi connectivity index (χ1v) is 7.53. The van der Waals surface area contributed by atoms with Crippen LogP contribution in [-0.2, 0) is 4.74 Å². The van der Waals surface area contributed by atoms with E-state index in [-0.39, 0.29) is 22.9 Å². The van der Waals surface area contributed by atoms with E-state index in [1.54, 1.807) is 4.90 Å². The maximum Gasteiger partial charge on any atom is 0.410 e. The van der Waals surface area contributed by atoms with Crippen molar-refractivity contribution >= 4 is 17.4 Å². The van der Waals surface area contributed by atoms with E-state index in [0.717, 1.165) is 11.3 Å². The average Bonchev–Trinajstić information content (AvgIpc) is 2.67. The standard InChI is InChI=1S/C13H20N2O4S/c1-13(2,3)19-11(17)14-6-4-9(5-7-14)15-10(16)8-20-12(15)18/h8-9,16H,4-7H2,1-3H3. The fourth-order valence-electron chi connectivity index (χ4n) is 2.28. The highest BCUT2D eigenvalue weighted by Gasteiger charge is 2.28. The van der Waals surface area contributed by atoms with Crippen molar-refractivity contribution in [1.82, 2.24) is 9.47 Å². The summed E-state index contributed by atoms with van der Waals surface area (Å²) in [6, 6.07) is -0.0487. The Morgan fingerprint density at radius 3 is 2.45 bits per heavy atom. The number of carbonyl (C=O) groups excluding carboxylic acids is 1. The molecule has 2 rings (SSSR count). The molecule has 0 aliphatic carbocycles. The Morgan fingerprint density at radius 1 is 1.40 bits per heavy atom. The van der Waals surface area contributed by atoms with Crippen molar-refractivity contribution in [3.8, 4) is 5.88 Å². The molecule has 1 aromatic rings. The fraction of sp³-hybridized carbons (Fsp3) is 0.692. The molecule has 2 heterocycles.